The Bertz CT molecular complexity index is 1570. The predicted octanol–water partition coefficient (Wildman–Crippen LogP) is 5.56. The molecule has 8 heteroatoms. The Morgan fingerprint density at radius 3 is 2.58 bits per heavy atom. The van der Waals surface area contributed by atoms with Crippen LogP contribution in [-0.2, 0) is 17.8 Å². The molecule has 2 heterocycles. The molecule has 1 amide bonds. The number of fused-ring (bicyclic) bond motifs is 2. The van der Waals surface area contributed by atoms with Crippen LogP contribution in [0.25, 0.3) is 5.69 Å². The highest BCUT2D eigenvalue weighted by Crippen LogP contribution is 2.41. The fraction of sp³-hybridized carbons (Fsp3) is 0.214. The molecule has 0 spiro atoms. The van der Waals surface area contributed by atoms with Gasteiger partial charge in [0, 0.05) is 22.7 Å². The van der Waals surface area contributed by atoms with Gasteiger partial charge in [0.25, 0.3) is 5.56 Å². The average Bonchev–Trinajstić information content (AvgIpc) is 3.11. The SMILES string of the molecule is COc1cccc2c1Oc1c(c(=O)n(-c3ccc(C)c(C)c3)n1CC(=O)Nc1cc(Cl)ccc1C)C2. The van der Waals surface area contributed by atoms with E-state index in [-0.39, 0.29) is 18.0 Å². The third kappa shape index (κ3) is 4.16. The molecule has 0 radical (unpaired) electrons. The van der Waals surface area contributed by atoms with Gasteiger partial charge in [0.2, 0.25) is 11.8 Å². The number of methoxy groups -OCH3 is 1. The number of amides is 1. The summed E-state index contributed by atoms with van der Waals surface area (Å²) < 4.78 is 14.9. The van der Waals surface area contributed by atoms with Crippen molar-refractivity contribution < 1.29 is 14.3 Å². The molecule has 0 aliphatic carbocycles. The van der Waals surface area contributed by atoms with E-state index in [2.05, 4.69) is 5.32 Å². The molecule has 0 atom stereocenters. The summed E-state index contributed by atoms with van der Waals surface area (Å²) in [6, 6.07) is 16.7. The number of rotatable bonds is 5. The molecule has 4 aromatic rings. The molecule has 0 unspecified atom stereocenters. The van der Waals surface area contributed by atoms with E-state index in [1.165, 1.54) is 4.68 Å². The first-order valence-electron chi connectivity index (χ1n) is 11.6. The van der Waals surface area contributed by atoms with Gasteiger partial charge in [-0.05, 0) is 67.8 Å². The van der Waals surface area contributed by atoms with E-state index in [0.717, 1.165) is 22.3 Å². The van der Waals surface area contributed by atoms with E-state index in [9.17, 15) is 9.59 Å². The van der Waals surface area contributed by atoms with E-state index < -0.39 is 0 Å². The van der Waals surface area contributed by atoms with Crippen molar-refractivity contribution in [1.29, 1.82) is 0 Å². The molecular weight excluding hydrogens is 478 g/mol. The van der Waals surface area contributed by atoms with Crippen molar-refractivity contribution in [3.63, 3.8) is 0 Å². The fourth-order valence-corrected chi connectivity index (χ4v) is 4.59. The van der Waals surface area contributed by atoms with Crippen LogP contribution < -0.4 is 20.3 Å². The average molecular weight is 504 g/mol. The molecular formula is C28H26ClN3O4. The van der Waals surface area contributed by atoms with Crippen LogP contribution in [0.4, 0.5) is 5.69 Å². The quantitative estimate of drug-likeness (QED) is 0.340. The largest absolute Gasteiger partial charge is 0.493 e. The zero-order valence-corrected chi connectivity index (χ0v) is 21.3. The zero-order valence-electron chi connectivity index (χ0n) is 20.5. The number of carbonyl (C=O) groups excluding carboxylic acids is 1. The lowest BCUT2D eigenvalue weighted by Gasteiger charge is -2.21. The fourth-order valence-electron chi connectivity index (χ4n) is 4.42. The standard InChI is InChI=1S/C28H26ClN3O4/c1-16-9-11-21(12-18(16)3)32-27(34)22-13-19-6-5-7-24(35-4)26(19)36-28(22)31(32)15-25(33)30-23-14-20(29)10-8-17(23)2/h5-12,14H,13,15H2,1-4H3,(H,30,33). The maximum absolute atomic E-state index is 13.7. The normalized spacial score (nSPS) is 11.9. The molecule has 0 saturated heterocycles. The summed E-state index contributed by atoms with van der Waals surface area (Å²) in [5.41, 5.74) is 5.40. The van der Waals surface area contributed by atoms with Crippen molar-refractivity contribution in [1.82, 2.24) is 9.36 Å². The number of ether oxygens (including phenoxy) is 2. The summed E-state index contributed by atoms with van der Waals surface area (Å²) in [6.45, 7) is 5.75. The number of para-hydroxylation sites is 1. The van der Waals surface area contributed by atoms with E-state index in [1.54, 1.807) is 30.0 Å². The minimum Gasteiger partial charge on any atom is -0.493 e. The summed E-state index contributed by atoms with van der Waals surface area (Å²) in [5.74, 6) is 1.12. The minimum atomic E-state index is -0.315. The minimum absolute atomic E-state index is 0.145. The number of aryl methyl sites for hydroxylation is 3. The Labute approximate surface area is 213 Å². The molecule has 1 aliphatic heterocycles. The molecule has 1 N–H and O–H groups in total. The summed E-state index contributed by atoms with van der Waals surface area (Å²) in [6.07, 6.45) is 0.369. The van der Waals surface area contributed by atoms with E-state index in [1.807, 2.05) is 57.2 Å². The Morgan fingerprint density at radius 1 is 1.06 bits per heavy atom. The maximum Gasteiger partial charge on any atom is 0.278 e. The molecule has 0 bridgehead atoms. The second-order valence-electron chi connectivity index (χ2n) is 8.96. The molecule has 7 nitrogen and oxygen atoms in total. The van der Waals surface area contributed by atoms with Crippen LogP contribution >= 0.6 is 11.6 Å². The van der Waals surface area contributed by atoms with Crippen molar-refractivity contribution in [3.05, 3.63) is 97.8 Å². The summed E-state index contributed by atoms with van der Waals surface area (Å²) >= 11 is 6.13. The van der Waals surface area contributed by atoms with Crippen LogP contribution in [0.15, 0.2) is 59.4 Å². The first-order chi connectivity index (χ1) is 17.3. The Hall–Kier alpha value is -3.97. The van der Waals surface area contributed by atoms with Crippen molar-refractivity contribution in [2.45, 2.75) is 33.7 Å². The Morgan fingerprint density at radius 2 is 1.83 bits per heavy atom. The Kier molecular flexibility index (Phi) is 6.10. The molecule has 0 fully saturated rings. The molecule has 3 aromatic carbocycles. The first kappa shape index (κ1) is 23.8. The third-order valence-corrected chi connectivity index (χ3v) is 6.77. The van der Waals surface area contributed by atoms with Gasteiger partial charge in [-0.15, -0.1) is 0 Å². The van der Waals surface area contributed by atoms with Crippen molar-refractivity contribution in [2.75, 3.05) is 12.4 Å². The van der Waals surface area contributed by atoms with Gasteiger partial charge in [0.15, 0.2) is 11.5 Å². The number of aromatic nitrogens is 2. The van der Waals surface area contributed by atoms with Gasteiger partial charge in [-0.3, -0.25) is 9.59 Å². The highest BCUT2D eigenvalue weighted by Gasteiger charge is 2.31. The van der Waals surface area contributed by atoms with Crippen LogP contribution in [0, 0.1) is 20.8 Å². The highest BCUT2D eigenvalue weighted by atomic mass is 35.5. The summed E-state index contributed by atoms with van der Waals surface area (Å²) in [4.78, 5) is 27.0. The van der Waals surface area contributed by atoms with Crippen molar-refractivity contribution in [3.8, 4) is 23.1 Å². The van der Waals surface area contributed by atoms with E-state index in [0.29, 0.717) is 45.8 Å². The van der Waals surface area contributed by atoms with Gasteiger partial charge >= 0.3 is 0 Å². The zero-order chi connectivity index (χ0) is 25.6. The first-order valence-corrected chi connectivity index (χ1v) is 12.0. The molecule has 184 valence electrons. The van der Waals surface area contributed by atoms with E-state index in [4.69, 9.17) is 21.1 Å². The van der Waals surface area contributed by atoms with Crippen molar-refractivity contribution >= 4 is 23.2 Å². The van der Waals surface area contributed by atoms with Gasteiger partial charge in [-0.25, -0.2) is 9.36 Å². The molecule has 5 rings (SSSR count). The summed E-state index contributed by atoms with van der Waals surface area (Å²) in [5, 5.41) is 3.44. The number of nitrogens with one attached hydrogen (secondary N) is 1. The van der Waals surface area contributed by atoms with Crippen LogP contribution in [0.5, 0.6) is 17.4 Å². The topological polar surface area (TPSA) is 74.5 Å². The Balaban J connectivity index is 1.62. The van der Waals surface area contributed by atoms with Gasteiger partial charge in [-0.2, -0.15) is 0 Å². The van der Waals surface area contributed by atoms with Crippen LogP contribution in [0.2, 0.25) is 5.02 Å². The second-order valence-corrected chi connectivity index (χ2v) is 9.40. The summed E-state index contributed by atoms with van der Waals surface area (Å²) in [7, 11) is 1.57. The third-order valence-electron chi connectivity index (χ3n) is 6.53. The number of hydrogen-bond donors (Lipinski definition) is 1. The van der Waals surface area contributed by atoms with E-state index >= 15 is 0 Å². The van der Waals surface area contributed by atoms with Gasteiger partial charge in [-0.1, -0.05) is 35.9 Å². The number of carbonyl (C=O) groups is 1. The lowest BCUT2D eigenvalue weighted by Crippen LogP contribution is -2.27. The predicted molar refractivity (Wildman–Crippen MR) is 140 cm³/mol. The van der Waals surface area contributed by atoms with Gasteiger partial charge in [0.1, 0.15) is 6.54 Å². The second kappa shape index (κ2) is 9.24. The number of nitrogens with zero attached hydrogens (tertiary/aromatic N) is 2. The number of anilines is 1. The molecule has 36 heavy (non-hydrogen) atoms. The van der Waals surface area contributed by atoms with Crippen LogP contribution in [0.3, 0.4) is 0 Å². The van der Waals surface area contributed by atoms with Gasteiger partial charge in [0.05, 0.1) is 18.4 Å². The van der Waals surface area contributed by atoms with Crippen molar-refractivity contribution in [2.24, 2.45) is 0 Å². The maximum atomic E-state index is 13.7. The lowest BCUT2D eigenvalue weighted by atomic mass is 10.0. The lowest BCUT2D eigenvalue weighted by molar-refractivity contribution is -0.117. The molecule has 1 aromatic heterocycles. The monoisotopic (exact) mass is 503 g/mol. The molecule has 0 saturated carbocycles. The highest BCUT2D eigenvalue weighted by molar-refractivity contribution is 6.31. The number of halogens is 1. The molecule has 1 aliphatic rings. The number of hydrogen-bond acceptors (Lipinski definition) is 4. The van der Waals surface area contributed by atoms with Crippen LogP contribution in [-0.4, -0.2) is 22.4 Å². The van der Waals surface area contributed by atoms with Crippen LogP contribution in [0.1, 0.15) is 27.8 Å². The smallest absolute Gasteiger partial charge is 0.278 e. The number of benzene rings is 3. The van der Waals surface area contributed by atoms with Gasteiger partial charge < -0.3 is 14.8 Å².